The topological polar surface area (TPSA) is 94.0 Å². The third kappa shape index (κ3) is 6.09. The molecular weight excluding hydrogens is 400 g/mol. The zero-order chi connectivity index (χ0) is 21.5. The van der Waals surface area contributed by atoms with Gasteiger partial charge in [0.1, 0.15) is 11.6 Å². The van der Waals surface area contributed by atoms with Gasteiger partial charge in [0.15, 0.2) is 17.4 Å². The molecule has 0 saturated heterocycles. The molecule has 8 nitrogen and oxygen atoms in total. The molecular formula is C21H28N6O2S. The summed E-state index contributed by atoms with van der Waals surface area (Å²) >= 11 is 1.61. The highest BCUT2D eigenvalue weighted by Crippen LogP contribution is 2.26. The molecule has 0 aliphatic carbocycles. The van der Waals surface area contributed by atoms with Gasteiger partial charge in [-0.25, -0.2) is 14.6 Å². The smallest absolute Gasteiger partial charge is 0.258 e. The lowest BCUT2D eigenvalue weighted by atomic mass is 10.3. The molecule has 2 N–H and O–H groups in total. The Morgan fingerprint density at radius 1 is 1.17 bits per heavy atom. The largest absolute Gasteiger partial charge is 0.484 e. The number of ether oxygens (including phenoxy) is 1. The van der Waals surface area contributed by atoms with E-state index < -0.39 is 0 Å². The van der Waals surface area contributed by atoms with Gasteiger partial charge in [-0.3, -0.25) is 4.79 Å². The highest BCUT2D eigenvalue weighted by molar-refractivity contribution is 7.99. The Balaban J connectivity index is 1.64. The van der Waals surface area contributed by atoms with E-state index >= 15 is 0 Å². The number of thioether (sulfide) groups is 1. The van der Waals surface area contributed by atoms with Gasteiger partial charge in [-0.2, -0.15) is 5.10 Å². The van der Waals surface area contributed by atoms with Crippen molar-refractivity contribution in [3.63, 3.8) is 0 Å². The second-order valence-electron chi connectivity index (χ2n) is 7.38. The molecule has 0 radical (unpaired) electrons. The van der Waals surface area contributed by atoms with Crippen LogP contribution in [0.15, 0.2) is 41.7 Å². The van der Waals surface area contributed by atoms with Gasteiger partial charge in [-0.05, 0) is 26.0 Å². The maximum Gasteiger partial charge on any atom is 0.258 e. The predicted octanol–water partition coefficient (Wildman–Crippen LogP) is 3.34. The SMILES string of the molecule is CC(C)Nc1nc(SC(C)C)nc2c1cnn2CCNC(=O)COc1ccccc1. The molecule has 2 heterocycles. The maximum atomic E-state index is 12.1. The Hall–Kier alpha value is -2.81. The monoisotopic (exact) mass is 428 g/mol. The van der Waals surface area contributed by atoms with Gasteiger partial charge in [-0.15, -0.1) is 0 Å². The van der Waals surface area contributed by atoms with Gasteiger partial charge in [0.25, 0.3) is 5.91 Å². The fourth-order valence-corrected chi connectivity index (χ4v) is 3.47. The predicted molar refractivity (Wildman–Crippen MR) is 120 cm³/mol. The van der Waals surface area contributed by atoms with Crippen LogP contribution in [0.5, 0.6) is 5.75 Å². The number of benzene rings is 1. The van der Waals surface area contributed by atoms with Crippen LogP contribution in [0.4, 0.5) is 5.82 Å². The Morgan fingerprint density at radius 3 is 2.63 bits per heavy atom. The summed E-state index contributed by atoms with van der Waals surface area (Å²) in [5.74, 6) is 1.27. The van der Waals surface area contributed by atoms with Crippen LogP contribution >= 0.6 is 11.8 Å². The van der Waals surface area contributed by atoms with E-state index in [0.29, 0.717) is 29.2 Å². The molecule has 1 amide bonds. The van der Waals surface area contributed by atoms with Crippen LogP contribution in [0.1, 0.15) is 27.7 Å². The lowest BCUT2D eigenvalue weighted by Crippen LogP contribution is -2.31. The average molecular weight is 429 g/mol. The molecule has 9 heteroatoms. The normalized spacial score (nSPS) is 11.3. The Bertz CT molecular complexity index is 974. The number of carbonyl (C=O) groups excluding carboxylic acids is 1. The van der Waals surface area contributed by atoms with Crippen molar-refractivity contribution in [2.75, 3.05) is 18.5 Å². The molecule has 3 aromatic rings. The summed E-state index contributed by atoms with van der Waals surface area (Å²) in [4.78, 5) is 21.4. The number of para-hydroxylation sites is 1. The zero-order valence-electron chi connectivity index (χ0n) is 17.8. The van der Waals surface area contributed by atoms with Crippen molar-refractivity contribution in [2.45, 2.75) is 50.7 Å². The number of fused-ring (bicyclic) bond motifs is 1. The second kappa shape index (κ2) is 10.3. The fraction of sp³-hybridized carbons (Fsp3) is 0.429. The van der Waals surface area contributed by atoms with Gasteiger partial charge in [-0.1, -0.05) is 43.8 Å². The summed E-state index contributed by atoms with van der Waals surface area (Å²) < 4.78 is 7.26. The average Bonchev–Trinajstić information content (AvgIpc) is 3.09. The van der Waals surface area contributed by atoms with E-state index in [9.17, 15) is 4.79 Å². The van der Waals surface area contributed by atoms with Gasteiger partial charge in [0.2, 0.25) is 0 Å². The molecule has 0 spiro atoms. The lowest BCUT2D eigenvalue weighted by Gasteiger charge is -2.12. The first kappa shape index (κ1) is 21.9. The first-order valence-corrected chi connectivity index (χ1v) is 10.9. The molecule has 0 bridgehead atoms. The van der Waals surface area contributed by atoms with Crippen LogP contribution < -0.4 is 15.4 Å². The summed E-state index contributed by atoms with van der Waals surface area (Å²) in [7, 11) is 0. The van der Waals surface area contributed by atoms with Crippen molar-refractivity contribution in [3.8, 4) is 5.75 Å². The van der Waals surface area contributed by atoms with Gasteiger partial charge < -0.3 is 15.4 Å². The Morgan fingerprint density at radius 2 is 1.93 bits per heavy atom. The Labute approximate surface area is 180 Å². The zero-order valence-corrected chi connectivity index (χ0v) is 18.6. The summed E-state index contributed by atoms with van der Waals surface area (Å²) in [6.07, 6.45) is 1.77. The van der Waals surface area contributed by atoms with E-state index in [1.807, 2.05) is 30.3 Å². The van der Waals surface area contributed by atoms with E-state index in [0.717, 1.165) is 16.9 Å². The second-order valence-corrected chi connectivity index (χ2v) is 8.92. The number of anilines is 1. The van der Waals surface area contributed by atoms with E-state index in [2.05, 4.69) is 48.4 Å². The maximum absolute atomic E-state index is 12.1. The molecule has 0 fully saturated rings. The highest BCUT2D eigenvalue weighted by Gasteiger charge is 2.15. The van der Waals surface area contributed by atoms with E-state index in [-0.39, 0.29) is 18.6 Å². The number of hydrogen-bond acceptors (Lipinski definition) is 7. The van der Waals surface area contributed by atoms with Crippen molar-refractivity contribution in [1.82, 2.24) is 25.1 Å². The molecule has 160 valence electrons. The minimum absolute atomic E-state index is 0.0241. The lowest BCUT2D eigenvalue weighted by molar-refractivity contribution is -0.123. The number of amides is 1. The van der Waals surface area contributed by atoms with Crippen LogP contribution in [0, 0.1) is 0 Å². The number of hydrogen-bond donors (Lipinski definition) is 2. The number of nitrogens with one attached hydrogen (secondary N) is 2. The summed E-state index contributed by atoms with van der Waals surface area (Å²) in [6, 6.07) is 9.51. The molecule has 0 saturated carbocycles. The van der Waals surface area contributed by atoms with Gasteiger partial charge in [0.05, 0.1) is 18.1 Å². The number of aromatic nitrogens is 4. The highest BCUT2D eigenvalue weighted by atomic mass is 32.2. The van der Waals surface area contributed by atoms with Crippen LogP contribution in [0.25, 0.3) is 11.0 Å². The molecule has 0 aliphatic rings. The molecule has 0 aliphatic heterocycles. The standard InChI is InChI=1S/C21H28N6O2S/c1-14(2)24-19-17-12-23-27(20(17)26-21(25-19)30-15(3)4)11-10-22-18(28)13-29-16-8-6-5-7-9-16/h5-9,12,14-15H,10-11,13H2,1-4H3,(H,22,28)(H,24,25,26). The third-order valence-electron chi connectivity index (χ3n) is 4.00. The molecule has 3 rings (SSSR count). The molecule has 0 atom stereocenters. The van der Waals surface area contributed by atoms with Crippen molar-refractivity contribution < 1.29 is 9.53 Å². The summed E-state index contributed by atoms with van der Waals surface area (Å²) in [5, 5.41) is 12.6. The molecule has 30 heavy (non-hydrogen) atoms. The van der Waals surface area contributed by atoms with E-state index in [4.69, 9.17) is 9.72 Å². The van der Waals surface area contributed by atoms with Gasteiger partial charge >= 0.3 is 0 Å². The minimum Gasteiger partial charge on any atom is -0.484 e. The fourth-order valence-electron chi connectivity index (χ4n) is 2.76. The molecule has 1 aromatic carbocycles. The quantitative estimate of drug-likeness (QED) is 0.378. The molecule has 2 aromatic heterocycles. The van der Waals surface area contributed by atoms with Crippen molar-refractivity contribution in [2.24, 2.45) is 0 Å². The number of nitrogens with zero attached hydrogens (tertiary/aromatic N) is 4. The van der Waals surface area contributed by atoms with Crippen molar-refractivity contribution >= 4 is 34.5 Å². The first-order valence-electron chi connectivity index (χ1n) is 10.0. The van der Waals surface area contributed by atoms with E-state index in [1.54, 1.807) is 22.6 Å². The van der Waals surface area contributed by atoms with Gasteiger partial charge in [0, 0.05) is 17.8 Å². The van der Waals surface area contributed by atoms with E-state index in [1.165, 1.54) is 0 Å². The molecule has 0 unspecified atom stereocenters. The number of carbonyl (C=O) groups is 1. The van der Waals surface area contributed by atoms with Crippen LogP contribution in [0.2, 0.25) is 0 Å². The van der Waals surface area contributed by atoms with Crippen molar-refractivity contribution in [3.05, 3.63) is 36.5 Å². The summed E-state index contributed by atoms with van der Waals surface area (Å²) in [5.41, 5.74) is 0.756. The van der Waals surface area contributed by atoms with Crippen LogP contribution in [-0.4, -0.2) is 50.1 Å². The van der Waals surface area contributed by atoms with Crippen molar-refractivity contribution in [1.29, 1.82) is 0 Å². The summed E-state index contributed by atoms with van der Waals surface area (Å²) in [6.45, 7) is 9.27. The van der Waals surface area contributed by atoms with Crippen LogP contribution in [-0.2, 0) is 11.3 Å². The number of rotatable bonds is 10. The third-order valence-corrected chi connectivity index (χ3v) is 4.87. The minimum atomic E-state index is -0.178. The first-order chi connectivity index (χ1) is 14.4. The van der Waals surface area contributed by atoms with Crippen LogP contribution in [0.3, 0.4) is 0 Å². The Kier molecular flexibility index (Phi) is 7.51.